The van der Waals surface area contributed by atoms with Crippen LogP contribution >= 0.6 is 0 Å². The fourth-order valence-electron chi connectivity index (χ4n) is 3.43. The molecule has 0 atom stereocenters. The maximum atomic E-state index is 12.6. The van der Waals surface area contributed by atoms with Crippen molar-refractivity contribution in [1.29, 1.82) is 0 Å². The van der Waals surface area contributed by atoms with Gasteiger partial charge in [0.15, 0.2) is 0 Å². The number of rotatable bonds is 7. The van der Waals surface area contributed by atoms with Crippen LogP contribution < -0.4 is 10.1 Å². The van der Waals surface area contributed by atoms with Crippen molar-refractivity contribution in [3.8, 4) is 5.75 Å². The van der Waals surface area contributed by atoms with E-state index < -0.39 is 0 Å². The third-order valence-corrected chi connectivity index (χ3v) is 5.17. The van der Waals surface area contributed by atoms with Crippen molar-refractivity contribution in [3.63, 3.8) is 0 Å². The number of amides is 2. The summed E-state index contributed by atoms with van der Waals surface area (Å²) in [5.74, 6) is 0.786. The fraction of sp³-hybridized carbons (Fsp3) is 0.417. The summed E-state index contributed by atoms with van der Waals surface area (Å²) in [5, 5.41) is 2.96. The quantitative estimate of drug-likeness (QED) is 0.695. The average molecular weight is 395 g/mol. The van der Waals surface area contributed by atoms with Gasteiger partial charge in [-0.2, -0.15) is 0 Å². The van der Waals surface area contributed by atoms with Crippen LogP contribution in [-0.2, 0) is 17.8 Å². The second kappa shape index (κ2) is 9.59. The molecular weight excluding hydrogens is 364 g/mol. The summed E-state index contributed by atoms with van der Waals surface area (Å²) >= 11 is 0. The van der Waals surface area contributed by atoms with E-state index in [1.54, 1.807) is 12.1 Å². The average Bonchev–Trinajstić information content (AvgIpc) is 2.73. The van der Waals surface area contributed by atoms with Crippen molar-refractivity contribution in [3.05, 3.63) is 59.2 Å². The molecule has 1 aliphatic heterocycles. The van der Waals surface area contributed by atoms with Crippen molar-refractivity contribution in [2.45, 2.75) is 46.6 Å². The third-order valence-electron chi connectivity index (χ3n) is 5.17. The summed E-state index contributed by atoms with van der Waals surface area (Å²) < 4.78 is 5.64. The number of nitrogens with zero attached hydrogens (tertiary/aromatic N) is 1. The zero-order chi connectivity index (χ0) is 20.8. The minimum absolute atomic E-state index is 0.00615. The monoisotopic (exact) mass is 394 g/mol. The van der Waals surface area contributed by atoms with Crippen molar-refractivity contribution in [2.24, 2.45) is 5.92 Å². The van der Waals surface area contributed by atoms with E-state index in [0.717, 1.165) is 42.8 Å². The third kappa shape index (κ3) is 5.37. The van der Waals surface area contributed by atoms with Crippen LogP contribution in [0.5, 0.6) is 5.75 Å². The van der Waals surface area contributed by atoms with Crippen LogP contribution in [0.25, 0.3) is 0 Å². The summed E-state index contributed by atoms with van der Waals surface area (Å²) in [4.78, 5) is 26.8. The van der Waals surface area contributed by atoms with Crippen molar-refractivity contribution < 1.29 is 14.3 Å². The van der Waals surface area contributed by atoms with E-state index in [1.165, 1.54) is 5.56 Å². The highest BCUT2D eigenvalue weighted by atomic mass is 16.5. The smallest absolute Gasteiger partial charge is 0.255 e. The maximum Gasteiger partial charge on any atom is 0.255 e. The van der Waals surface area contributed by atoms with Gasteiger partial charge in [0.1, 0.15) is 5.75 Å². The Balaban J connectivity index is 1.64. The number of ether oxygens (including phenoxy) is 1. The van der Waals surface area contributed by atoms with Gasteiger partial charge in [0.05, 0.1) is 6.61 Å². The molecule has 0 aliphatic carbocycles. The number of unbranched alkanes of at least 4 members (excludes halogenated alkanes) is 1. The molecule has 5 nitrogen and oxygen atoms in total. The molecule has 1 aliphatic rings. The fourth-order valence-corrected chi connectivity index (χ4v) is 3.43. The van der Waals surface area contributed by atoms with Crippen molar-refractivity contribution in [1.82, 2.24) is 4.90 Å². The van der Waals surface area contributed by atoms with Crippen LogP contribution in [0.3, 0.4) is 0 Å². The van der Waals surface area contributed by atoms with Gasteiger partial charge in [-0.15, -0.1) is 0 Å². The van der Waals surface area contributed by atoms with Gasteiger partial charge in [0, 0.05) is 30.3 Å². The Morgan fingerprint density at radius 3 is 2.55 bits per heavy atom. The molecule has 1 N–H and O–H groups in total. The molecule has 5 heteroatoms. The minimum Gasteiger partial charge on any atom is -0.494 e. The van der Waals surface area contributed by atoms with Gasteiger partial charge in [0.25, 0.3) is 5.91 Å². The van der Waals surface area contributed by atoms with Crippen LogP contribution in [-0.4, -0.2) is 29.9 Å². The number of hydrogen-bond donors (Lipinski definition) is 1. The van der Waals surface area contributed by atoms with Gasteiger partial charge >= 0.3 is 0 Å². The number of fused-ring (bicyclic) bond motifs is 1. The van der Waals surface area contributed by atoms with E-state index in [-0.39, 0.29) is 17.7 Å². The van der Waals surface area contributed by atoms with Crippen LogP contribution in [0.4, 0.5) is 5.69 Å². The van der Waals surface area contributed by atoms with Crippen molar-refractivity contribution >= 4 is 17.5 Å². The molecular formula is C24H30N2O3. The molecule has 0 aromatic heterocycles. The van der Waals surface area contributed by atoms with E-state index in [2.05, 4.69) is 12.2 Å². The first-order chi connectivity index (χ1) is 14.0. The minimum atomic E-state index is -0.156. The first-order valence-corrected chi connectivity index (χ1v) is 10.4. The molecule has 2 aromatic carbocycles. The molecule has 0 radical (unpaired) electrons. The number of benzene rings is 2. The van der Waals surface area contributed by atoms with Crippen molar-refractivity contribution in [2.75, 3.05) is 18.5 Å². The van der Waals surface area contributed by atoms with Gasteiger partial charge in [-0.05, 0) is 60.4 Å². The summed E-state index contributed by atoms with van der Waals surface area (Å²) in [7, 11) is 0. The lowest BCUT2D eigenvalue weighted by Gasteiger charge is -2.30. The van der Waals surface area contributed by atoms with Gasteiger partial charge in [-0.1, -0.05) is 33.3 Å². The maximum absolute atomic E-state index is 12.6. The lowest BCUT2D eigenvalue weighted by atomic mass is 9.98. The SMILES string of the molecule is CCCCOc1ccc(C(=O)Nc2ccc3c(c2)CN(C(=O)C(C)C)CC3)cc1. The molecule has 0 spiro atoms. The van der Waals surface area contributed by atoms with E-state index in [9.17, 15) is 9.59 Å². The molecule has 3 rings (SSSR count). The van der Waals surface area contributed by atoms with Gasteiger partial charge in [-0.3, -0.25) is 9.59 Å². The normalized spacial score (nSPS) is 13.2. The lowest BCUT2D eigenvalue weighted by molar-refractivity contribution is -0.135. The number of anilines is 1. The Morgan fingerprint density at radius 1 is 1.10 bits per heavy atom. The zero-order valence-electron chi connectivity index (χ0n) is 17.5. The van der Waals surface area contributed by atoms with Crippen LogP contribution in [0.1, 0.15) is 55.1 Å². The summed E-state index contributed by atoms with van der Waals surface area (Å²) in [6, 6.07) is 13.2. The lowest BCUT2D eigenvalue weighted by Crippen LogP contribution is -2.38. The van der Waals surface area contributed by atoms with Gasteiger partial charge in [0.2, 0.25) is 5.91 Å². The molecule has 0 fully saturated rings. The largest absolute Gasteiger partial charge is 0.494 e. The highest BCUT2D eigenvalue weighted by Crippen LogP contribution is 2.24. The first-order valence-electron chi connectivity index (χ1n) is 10.4. The van der Waals surface area contributed by atoms with E-state index in [4.69, 9.17) is 4.74 Å². The molecule has 0 saturated carbocycles. The standard InChI is InChI=1S/C24H30N2O3/c1-4-5-14-29-22-10-7-19(8-11-22)23(27)25-21-9-6-18-12-13-26(16-20(18)15-21)24(28)17(2)3/h6-11,15,17H,4-5,12-14,16H2,1-3H3,(H,25,27). The Bertz CT molecular complexity index is 859. The molecule has 0 unspecified atom stereocenters. The predicted octanol–water partition coefficient (Wildman–Crippen LogP) is 4.66. The molecule has 2 amide bonds. The molecule has 0 saturated heterocycles. The van der Waals surface area contributed by atoms with Gasteiger partial charge < -0.3 is 15.0 Å². The van der Waals surface area contributed by atoms with E-state index in [1.807, 2.05) is 49.1 Å². The second-order valence-electron chi connectivity index (χ2n) is 7.83. The van der Waals surface area contributed by atoms with Crippen LogP contribution in [0, 0.1) is 5.92 Å². The number of carbonyl (C=O) groups is 2. The molecule has 154 valence electrons. The Hall–Kier alpha value is -2.82. The molecule has 1 heterocycles. The Kier molecular flexibility index (Phi) is 6.91. The second-order valence-corrected chi connectivity index (χ2v) is 7.83. The number of nitrogens with one attached hydrogen (secondary N) is 1. The Morgan fingerprint density at radius 2 is 1.86 bits per heavy atom. The Labute approximate surface area is 173 Å². The van der Waals surface area contributed by atoms with Crippen LogP contribution in [0.15, 0.2) is 42.5 Å². The summed E-state index contributed by atoms with van der Waals surface area (Å²) in [6.45, 7) is 8.01. The van der Waals surface area contributed by atoms with Gasteiger partial charge in [-0.25, -0.2) is 0 Å². The summed E-state index contributed by atoms with van der Waals surface area (Å²) in [5.41, 5.74) is 3.67. The number of carbonyl (C=O) groups excluding carboxylic acids is 2. The zero-order valence-corrected chi connectivity index (χ0v) is 17.5. The molecule has 29 heavy (non-hydrogen) atoms. The summed E-state index contributed by atoms with van der Waals surface area (Å²) in [6.07, 6.45) is 2.95. The first kappa shape index (κ1) is 20.9. The van der Waals surface area contributed by atoms with Crippen LogP contribution in [0.2, 0.25) is 0 Å². The highest BCUT2D eigenvalue weighted by Gasteiger charge is 2.22. The van der Waals surface area contributed by atoms with E-state index >= 15 is 0 Å². The molecule has 2 aromatic rings. The van der Waals surface area contributed by atoms with E-state index in [0.29, 0.717) is 18.7 Å². The molecule has 0 bridgehead atoms. The topological polar surface area (TPSA) is 58.6 Å². The predicted molar refractivity (Wildman–Crippen MR) is 115 cm³/mol. The highest BCUT2D eigenvalue weighted by molar-refractivity contribution is 6.04. The number of hydrogen-bond acceptors (Lipinski definition) is 3.